The van der Waals surface area contributed by atoms with Gasteiger partial charge in [0.05, 0.1) is 7.11 Å². The fraction of sp³-hybridized carbons (Fsp3) is 0.769. The van der Waals surface area contributed by atoms with Crippen molar-refractivity contribution in [3.8, 4) is 0 Å². The van der Waals surface area contributed by atoms with E-state index < -0.39 is 0 Å². The number of esters is 1. The first-order valence-electron chi connectivity index (χ1n) is 6.21. The minimum absolute atomic E-state index is 0.216. The van der Waals surface area contributed by atoms with Crippen LogP contribution in [0.3, 0.4) is 0 Å². The molecule has 0 saturated carbocycles. The molecular formula is C13H23NO2. The van der Waals surface area contributed by atoms with Crippen molar-refractivity contribution in [3.05, 3.63) is 11.6 Å². The molecule has 1 aliphatic heterocycles. The highest BCUT2D eigenvalue weighted by Gasteiger charge is 2.08. The number of hydrogen-bond acceptors (Lipinski definition) is 3. The molecule has 0 spiro atoms. The van der Waals surface area contributed by atoms with Crippen LogP contribution in [0, 0.1) is 0 Å². The molecule has 1 rings (SSSR count). The molecule has 0 aromatic rings. The number of nitrogens with zero attached hydrogens (tertiary/aromatic N) is 1. The number of hydrogen-bond donors (Lipinski definition) is 0. The molecule has 0 unspecified atom stereocenters. The second-order valence-corrected chi connectivity index (χ2v) is 4.45. The summed E-state index contributed by atoms with van der Waals surface area (Å²) in [5, 5.41) is 0. The zero-order chi connectivity index (χ0) is 11.8. The number of ether oxygens (including phenoxy) is 1. The quantitative estimate of drug-likeness (QED) is 0.545. The van der Waals surface area contributed by atoms with Crippen LogP contribution in [-0.2, 0) is 9.53 Å². The van der Waals surface area contributed by atoms with Crippen LogP contribution >= 0.6 is 0 Å². The third-order valence-corrected chi connectivity index (χ3v) is 3.11. The Balaban J connectivity index is 2.36. The molecule has 3 heteroatoms. The topological polar surface area (TPSA) is 29.5 Å². The Morgan fingerprint density at radius 1 is 1.19 bits per heavy atom. The Kier molecular flexibility index (Phi) is 6.16. The smallest absolute Gasteiger partial charge is 0.333 e. The molecule has 0 radical (unpaired) electrons. The molecule has 0 aromatic heterocycles. The molecule has 92 valence electrons. The normalized spacial score (nSPS) is 20.0. The van der Waals surface area contributed by atoms with Gasteiger partial charge < -0.3 is 4.74 Å². The van der Waals surface area contributed by atoms with Crippen LogP contribution in [0.4, 0.5) is 0 Å². The third-order valence-electron chi connectivity index (χ3n) is 3.11. The maximum Gasteiger partial charge on any atom is 0.333 e. The Morgan fingerprint density at radius 2 is 1.75 bits per heavy atom. The summed E-state index contributed by atoms with van der Waals surface area (Å²) in [5.41, 5.74) is 0.713. The van der Waals surface area contributed by atoms with Crippen LogP contribution in [0.1, 0.15) is 39.0 Å². The number of carbonyl (C=O) groups excluding carboxylic acids is 1. The molecule has 0 atom stereocenters. The van der Waals surface area contributed by atoms with Gasteiger partial charge in [0.15, 0.2) is 0 Å². The van der Waals surface area contributed by atoms with Crippen molar-refractivity contribution in [1.29, 1.82) is 0 Å². The van der Waals surface area contributed by atoms with Gasteiger partial charge in [-0.2, -0.15) is 0 Å². The summed E-state index contributed by atoms with van der Waals surface area (Å²) < 4.78 is 4.67. The molecule has 1 fully saturated rings. The van der Waals surface area contributed by atoms with Gasteiger partial charge in [-0.3, -0.25) is 4.90 Å². The van der Waals surface area contributed by atoms with E-state index in [1.54, 1.807) is 0 Å². The van der Waals surface area contributed by atoms with E-state index >= 15 is 0 Å². The summed E-state index contributed by atoms with van der Waals surface area (Å²) in [6.07, 6.45) is 8.61. The summed E-state index contributed by atoms with van der Waals surface area (Å²) in [6, 6.07) is 0. The number of carbonyl (C=O) groups is 1. The van der Waals surface area contributed by atoms with E-state index in [1.807, 2.05) is 13.0 Å². The third kappa shape index (κ3) is 4.79. The highest BCUT2D eigenvalue weighted by molar-refractivity contribution is 5.87. The molecule has 1 saturated heterocycles. The molecular weight excluding hydrogens is 202 g/mol. The first-order valence-corrected chi connectivity index (χ1v) is 6.21. The van der Waals surface area contributed by atoms with E-state index in [0.717, 1.165) is 19.6 Å². The molecule has 0 N–H and O–H groups in total. The monoisotopic (exact) mass is 225 g/mol. The largest absolute Gasteiger partial charge is 0.466 e. The van der Waals surface area contributed by atoms with Gasteiger partial charge >= 0.3 is 5.97 Å². The average molecular weight is 225 g/mol. The van der Waals surface area contributed by atoms with Crippen LogP contribution in [0.5, 0.6) is 0 Å². The lowest BCUT2D eigenvalue weighted by molar-refractivity contribution is -0.136. The first kappa shape index (κ1) is 13.2. The molecule has 16 heavy (non-hydrogen) atoms. The molecule has 0 amide bonds. The van der Waals surface area contributed by atoms with E-state index in [-0.39, 0.29) is 5.97 Å². The summed E-state index contributed by atoms with van der Waals surface area (Å²) in [4.78, 5) is 13.6. The van der Waals surface area contributed by atoms with E-state index in [2.05, 4.69) is 9.64 Å². The van der Waals surface area contributed by atoms with Gasteiger partial charge in [-0.05, 0) is 32.9 Å². The maximum atomic E-state index is 11.2. The van der Waals surface area contributed by atoms with E-state index in [1.165, 1.54) is 39.2 Å². The van der Waals surface area contributed by atoms with Crippen molar-refractivity contribution >= 4 is 5.97 Å². The van der Waals surface area contributed by atoms with Crippen LogP contribution in [0.25, 0.3) is 0 Å². The molecule has 1 aliphatic rings. The second-order valence-electron chi connectivity index (χ2n) is 4.45. The fourth-order valence-electron chi connectivity index (χ4n) is 2.01. The highest BCUT2D eigenvalue weighted by atomic mass is 16.5. The molecule has 1 heterocycles. The molecule has 0 aliphatic carbocycles. The molecule has 3 nitrogen and oxygen atoms in total. The Hall–Kier alpha value is -0.830. The van der Waals surface area contributed by atoms with Crippen LogP contribution in [-0.4, -0.2) is 37.6 Å². The minimum Gasteiger partial charge on any atom is -0.466 e. The maximum absolute atomic E-state index is 11.2. The van der Waals surface area contributed by atoms with Gasteiger partial charge in [-0.25, -0.2) is 4.79 Å². The lowest BCUT2D eigenvalue weighted by atomic mass is 10.1. The predicted octanol–water partition coefficient (Wildman–Crippen LogP) is 2.37. The van der Waals surface area contributed by atoms with Crippen molar-refractivity contribution in [2.24, 2.45) is 0 Å². The zero-order valence-corrected chi connectivity index (χ0v) is 10.5. The van der Waals surface area contributed by atoms with Crippen molar-refractivity contribution in [2.75, 3.05) is 26.7 Å². The number of rotatable bonds is 3. The standard InChI is InChI=1S/C13H23NO2/c1-12(13(15)16-2)8-11-14-9-6-4-3-5-7-10-14/h8H,3-7,9-11H2,1-2H3. The molecule has 0 bridgehead atoms. The lowest BCUT2D eigenvalue weighted by Crippen LogP contribution is -2.27. The summed E-state index contributed by atoms with van der Waals surface area (Å²) >= 11 is 0. The first-order chi connectivity index (χ1) is 7.74. The highest BCUT2D eigenvalue weighted by Crippen LogP contribution is 2.10. The van der Waals surface area contributed by atoms with E-state index in [4.69, 9.17) is 0 Å². The Bertz CT molecular complexity index is 240. The summed E-state index contributed by atoms with van der Waals surface area (Å²) in [7, 11) is 1.43. The van der Waals surface area contributed by atoms with Crippen molar-refractivity contribution < 1.29 is 9.53 Å². The lowest BCUT2D eigenvalue weighted by Gasteiger charge is -2.23. The van der Waals surface area contributed by atoms with Crippen molar-refractivity contribution in [2.45, 2.75) is 39.0 Å². The van der Waals surface area contributed by atoms with Crippen molar-refractivity contribution in [3.63, 3.8) is 0 Å². The van der Waals surface area contributed by atoms with Crippen LogP contribution in [0.15, 0.2) is 11.6 Å². The van der Waals surface area contributed by atoms with Gasteiger partial charge in [0, 0.05) is 12.1 Å². The van der Waals surface area contributed by atoms with Gasteiger partial charge in [0.2, 0.25) is 0 Å². The molecule has 0 aromatic carbocycles. The Morgan fingerprint density at radius 3 is 2.31 bits per heavy atom. The van der Waals surface area contributed by atoms with Crippen LogP contribution < -0.4 is 0 Å². The average Bonchev–Trinajstić information content (AvgIpc) is 2.26. The summed E-state index contributed by atoms with van der Waals surface area (Å²) in [5.74, 6) is -0.216. The van der Waals surface area contributed by atoms with Crippen molar-refractivity contribution in [1.82, 2.24) is 4.90 Å². The SMILES string of the molecule is COC(=O)C(C)=CCN1CCCCCCC1. The summed E-state index contributed by atoms with van der Waals surface area (Å²) in [6.45, 7) is 5.01. The second kappa shape index (κ2) is 7.44. The predicted molar refractivity (Wildman–Crippen MR) is 65.3 cm³/mol. The van der Waals surface area contributed by atoms with E-state index in [9.17, 15) is 4.79 Å². The van der Waals surface area contributed by atoms with Gasteiger partial charge in [-0.15, -0.1) is 0 Å². The minimum atomic E-state index is -0.216. The van der Waals surface area contributed by atoms with Gasteiger partial charge in [-0.1, -0.05) is 25.3 Å². The fourth-order valence-corrected chi connectivity index (χ4v) is 2.01. The Labute approximate surface area is 98.5 Å². The van der Waals surface area contributed by atoms with Gasteiger partial charge in [0.1, 0.15) is 0 Å². The number of methoxy groups -OCH3 is 1. The number of likely N-dealkylation sites (tertiary alicyclic amines) is 1. The van der Waals surface area contributed by atoms with E-state index in [0.29, 0.717) is 5.57 Å². The van der Waals surface area contributed by atoms with Crippen LogP contribution in [0.2, 0.25) is 0 Å². The van der Waals surface area contributed by atoms with Gasteiger partial charge in [0.25, 0.3) is 0 Å². The zero-order valence-electron chi connectivity index (χ0n) is 10.5.